The molecule has 0 unspecified atom stereocenters. The van der Waals surface area contributed by atoms with E-state index in [-0.39, 0.29) is 0 Å². The summed E-state index contributed by atoms with van der Waals surface area (Å²) in [5.41, 5.74) is 1.43. The summed E-state index contributed by atoms with van der Waals surface area (Å²) >= 11 is 0. The molecule has 4 rings (SSSR count). The minimum atomic E-state index is 0.707. The van der Waals surface area contributed by atoms with Crippen LogP contribution in [0.25, 0.3) is 21.5 Å². The van der Waals surface area contributed by atoms with Crippen LogP contribution in [0.4, 0.5) is 0 Å². The number of hydrogen-bond donors (Lipinski definition) is 1. The van der Waals surface area contributed by atoms with E-state index in [1.54, 1.807) is 0 Å². The van der Waals surface area contributed by atoms with E-state index in [1.165, 1.54) is 59.2 Å². The zero-order valence-corrected chi connectivity index (χ0v) is 13.0. The molecular formula is C21H23N. The Morgan fingerprint density at radius 3 is 2.27 bits per heavy atom. The van der Waals surface area contributed by atoms with Crippen LogP contribution in [0.15, 0.2) is 54.6 Å². The van der Waals surface area contributed by atoms with E-state index in [0.717, 1.165) is 6.54 Å². The van der Waals surface area contributed by atoms with Gasteiger partial charge in [0.2, 0.25) is 0 Å². The van der Waals surface area contributed by atoms with E-state index in [0.29, 0.717) is 6.04 Å². The van der Waals surface area contributed by atoms with Crippen LogP contribution in [0.2, 0.25) is 0 Å². The molecule has 0 aromatic heterocycles. The predicted molar refractivity (Wildman–Crippen MR) is 95.2 cm³/mol. The first kappa shape index (κ1) is 13.8. The lowest BCUT2D eigenvalue weighted by Gasteiger charge is -2.23. The van der Waals surface area contributed by atoms with Crippen molar-refractivity contribution in [3.63, 3.8) is 0 Å². The van der Waals surface area contributed by atoms with Crippen molar-refractivity contribution in [2.75, 3.05) is 0 Å². The molecule has 22 heavy (non-hydrogen) atoms. The highest BCUT2D eigenvalue weighted by atomic mass is 14.9. The molecule has 0 aliphatic heterocycles. The van der Waals surface area contributed by atoms with Crippen LogP contribution in [-0.4, -0.2) is 6.04 Å². The Labute approximate surface area is 132 Å². The molecule has 1 aliphatic carbocycles. The van der Waals surface area contributed by atoms with Crippen molar-refractivity contribution in [2.45, 2.75) is 44.7 Å². The maximum Gasteiger partial charge on any atom is 0.0214 e. The van der Waals surface area contributed by atoms with Crippen LogP contribution in [0.3, 0.4) is 0 Å². The van der Waals surface area contributed by atoms with Crippen LogP contribution >= 0.6 is 0 Å². The molecule has 1 fully saturated rings. The van der Waals surface area contributed by atoms with E-state index in [1.807, 2.05) is 0 Å². The lowest BCUT2D eigenvalue weighted by atomic mass is 9.94. The van der Waals surface area contributed by atoms with Crippen LogP contribution in [-0.2, 0) is 6.54 Å². The summed E-state index contributed by atoms with van der Waals surface area (Å²) in [6.07, 6.45) is 6.86. The van der Waals surface area contributed by atoms with E-state index >= 15 is 0 Å². The molecule has 1 N–H and O–H groups in total. The van der Waals surface area contributed by atoms with Gasteiger partial charge in [-0.25, -0.2) is 0 Å². The number of hydrogen-bond acceptors (Lipinski definition) is 1. The van der Waals surface area contributed by atoms with Crippen molar-refractivity contribution in [3.8, 4) is 0 Å². The molecule has 1 aliphatic rings. The average Bonchev–Trinajstić information content (AvgIpc) is 2.60. The van der Waals surface area contributed by atoms with E-state index in [9.17, 15) is 0 Å². The molecule has 112 valence electrons. The van der Waals surface area contributed by atoms with Gasteiger partial charge in [0.05, 0.1) is 0 Å². The zero-order chi connectivity index (χ0) is 14.8. The van der Waals surface area contributed by atoms with Gasteiger partial charge in [0.25, 0.3) is 0 Å². The van der Waals surface area contributed by atoms with Crippen LogP contribution in [0.1, 0.15) is 37.7 Å². The first-order valence-corrected chi connectivity index (χ1v) is 8.54. The van der Waals surface area contributed by atoms with Gasteiger partial charge in [-0.15, -0.1) is 0 Å². The fraction of sp³-hybridized carbons (Fsp3) is 0.333. The van der Waals surface area contributed by atoms with Gasteiger partial charge < -0.3 is 5.32 Å². The Balaban J connectivity index is 1.71. The first-order valence-electron chi connectivity index (χ1n) is 8.54. The van der Waals surface area contributed by atoms with Gasteiger partial charge in [0, 0.05) is 12.6 Å². The van der Waals surface area contributed by atoms with Crippen molar-refractivity contribution in [1.29, 1.82) is 0 Å². The number of benzene rings is 3. The molecule has 3 aromatic rings. The van der Waals surface area contributed by atoms with Crippen molar-refractivity contribution in [1.82, 2.24) is 5.32 Å². The lowest BCUT2D eigenvalue weighted by molar-refractivity contribution is 0.373. The fourth-order valence-electron chi connectivity index (χ4n) is 3.84. The summed E-state index contributed by atoms with van der Waals surface area (Å²) in [5, 5.41) is 9.27. The predicted octanol–water partition coefficient (Wildman–Crippen LogP) is 5.42. The van der Waals surface area contributed by atoms with E-state index < -0.39 is 0 Å². The molecular weight excluding hydrogens is 266 g/mol. The third-order valence-electron chi connectivity index (χ3n) is 5.04. The van der Waals surface area contributed by atoms with Gasteiger partial charge in [0.1, 0.15) is 0 Å². The topological polar surface area (TPSA) is 12.0 Å². The van der Waals surface area contributed by atoms with Crippen molar-refractivity contribution in [3.05, 3.63) is 60.2 Å². The molecule has 1 saturated carbocycles. The van der Waals surface area contributed by atoms with Gasteiger partial charge in [-0.2, -0.15) is 0 Å². The van der Waals surface area contributed by atoms with E-state index in [2.05, 4.69) is 59.9 Å². The molecule has 1 heteroatoms. The summed E-state index contributed by atoms with van der Waals surface area (Å²) in [6, 6.07) is 20.6. The Morgan fingerprint density at radius 2 is 1.45 bits per heavy atom. The van der Waals surface area contributed by atoms with Crippen molar-refractivity contribution >= 4 is 21.5 Å². The fourth-order valence-corrected chi connectivity index (χ4v) is 3.84. The van der Waals surface area contributed by atoms with Gasteiger partial charge in [-0.1, -0.05) is 67.8 Å². The monoisotopic (exact) mass is 289 g/mol. The molecule has 0 amide bonds. The van der Waals surface area contributed by atoms with Gasteiger partial charge >= 0.3 is 0 Å². The average molecular weight is 289 g/mol. The Morgan fingerprint density at radius 1 is 0.773 bits per heavy atom. The summed E-state index contributed by atoms with van der Waals surface area (Å²) in [7, 11) is 0. The second kappa shape index (κ2) is 6.10. The summed E-state index contributed by atoms with van der Waals surface area (Å²) in [5.74, 6) is 0. The molecule has 0 saturated heterocycles. The van der Waals surface area contributed by atoms with Crippen LogP contribution < -0.4 is 5.32 Å². The highest BCUT2D eigenvalue weighted by Gasteiger charge is 2.13. The Hall–Kier alpha value is -1.86. The smallest absolute Gasteiger partial charge is 0.0214 e. The quantitative estimate of drug-likeness (QED) is 0.635. The summed E-state index contributed by atoms with van der Waals surface area (Å²) in [4.78, 5) is 0. The summed E-state index contributed by atoms with van der Waals surface area (Å²) in [6.45, 7) is 0.982. The second-order valence-corrected chi connectivity index (χ2v) is 6.52. The maximum atomic E-state index is 3.79. The molecule has 3 aromatic carbocycles. The van der Waals surface area contributed by atoms with Gasteiger partial charge in [-0.05, 0) is 46.0 Å². The third-order valence-corrected chi connectivity index (χ3v) is 5.04. The number of nitrogens with one attached hydrogen (secondary N) is 1. The summed E-state index contributed by atoms with van der Waals surface area (Å²) < 4.78 is 0. The zero-order valence-electron chi connectivity index (χ0n) is 13.0. The minimum Gasteiger partial charge on any atom is -0.310 e. The maximum absolute atomic E-state index is 3.79. The molecule has 0 heterocycles. The molecule has 0 spiro atoms. The number of fused-ring (bicyclic) bond motifs is 3. The van der Waals surface area contributed by atoms with Crippen molar-refractivity contribution < 1.29 is 0 Å². The van der Waals surface area contributed by atoms with Crippen LogP contribution in [0.5, 0.6) is 0 Å². The van der Waals surface area contributed by atoms with Gasteiger partial charge in [-0.3, -0.25) is 0 Å². The van der Waals surface area contributed by atoms with Crippen LogP contribution in [0, 0.1) is 0 Å². The third kappa shape index (κ3) is 2.62. The normalized spacial score (nSPS) is 16.4. The first-order chi connectivity index (χ1) is 10.9. The van der Waals surface area contributed by atoms with Crippen molar-refractivity contribution in [2.24, 2.45) is 0 Å². The Bertz CT molecular complexity index is 784. The largest absolute Gasteiger partial charge is 0.310 e. The second-order valence-electron chi connectivity index (χ2n) is 6.52. The Kier molecular flexibility index (Phi) is 3.82. The lowest BCUT2D eigenvalue weighted by Crippen LogP contribution is -2.30. The molecule has 0 atom stereocenters. The van der Waals surface area contributed by atoms with E-state index in [4.69, 9.17) is 0 Å². The van der Waals surface area contributed by atoms with Gasteiger partial charge in [0.15, 0.2) is 0 Å². The highest BCUT2D eigenvalue weighted by Crippen LogP contribution is 2.29. The molecule has 0 radical (unpaired) electrons. The molecule has 1 nitrogen and oxygen atoms in total. The highest BCUT2D eigenvalue weighted by molar-refractivity contribution is 6.08. The SMILES string of the molecule is c1ccc2c(c1)cc(CNC1CCCCC1)c1ccccc12. The molecule has 0 bridgehead atoms. The number of rotatable bonds is 3. The minimum absolute atomic E-state index is 0.707. The standard InChI is InChI=1S/C21H23N/c1-2-9-18(10-3-1)22-15-17-14-16-8-4-5-11-19(16)21-13-7-6-12-20(17)21/h4-8,11-14,18,22H,1-3,9-10,15H2.